The second-order valence-electron chi connectivity index (χ2n) is 7.85. The van der Waals surface area contributed by atoms with Gasteiger partial charge in [0.2, 0.25) is 11.8 Å². The molecule has 1 aromatic heterocycles. The third-order valence-electron chi connectivity index (χ3n) is 5.39. The molecule has 2 atom stereocenters. The first-order valence-corrected chi connectivity index (χ1v) is 8.54. The molecule has 0 spiro atoms. The van der Waals surface area contributed by atoms with E-state index in [9.17, 15) is 4.79 Å². The summed E-state index contributed by atoms with van der Waals surface area (Å²) in [4.78, 5) is 19.2. The van der Waals surface area contributed by atoms with Gasteiger partial charge >= 0.3 is 0 Å². The highest BCUT2D eigenvalue weighted by atomic mass is 16.5. The van der Waals surface area contributed by atoms with Crippen molar-refractivity contribution in [1.29, 1.82) is 0 Å². The molecule has 0 bridgehead atoms. The maximum absolute atomic E-state index is 12.9. The largest absolute Gasteiger partial charge is 0.342 e. The van der Waals surface area contributed by atoms with Crippen molar-refractivity contribution in [3.05, 3.63) is 23.4 Å². The van der Waals surface area contributed by atoms with Gasteiger partial charge in [0.1, 0.15) is 0 Å². The van der Waals surface area contributed by atoms with Gasteiger partial charge in [-0.1, -0.05) is 30.7 Å². The number of hydrogen-bond donors (Lipinski definition) is 0. The molecule has 1 aromatic rings. The molecule has 0 radical (unpaired) electrons. The maximum atomic E-state index is 12.9. The highest BCUT2D eigenvalue weighted by molar-refractivity contribution is 5.84. The summed E-state index contributed by atoms with van der Waals surface area (Å²) in [5.41, 5.74) is 1.39. The Morgan fingerprint density at radius 1 is 1.30 bits per heavy atom. The minimum absolute atomic E-state index is 0.0921. The van der Waals surface area contributed by atoms with Crippen molar-refractivity contribution in [2.75, 3.05) is 13.1 Å². The lowest BCUT2D eigenvalue weighted by atomic mass is 9.96. The first-order chi connectivity index (χ1) is 10.8. The van der Waals surface area contributed by atoms with E-state index < -0.39 is 0 Å². The predicted molar refractivity (Wildman–Crippen MR) is 87.8 cm³/mol. The summed E-state index contributed by atoms with van der Waals surface area (Å²) in [5, 5.41) is 3.87. The number of rotatable bonds is 3. The smallest absolute Gasteiger partial charge is 0.229 e. The summed E-state index contributed by atoms with van der Waals surface area (Å²) in [6, 6.07) is 0. The van der Waals surface area contributed by atoms with Crippen molar-refractivity contribution in [1.82, 2.24) is 15.0 Å². The van der Waals surface area contributed by atoms with E-state index in [1.807, 2.05) is 11.8 Å². The van der Waals surface area contributed by atoms with Crippen molar-refractivity contribution in [2.45, 2.75) is 53.4 Å². The highest BCUT2D eigenvalue weighted by Gasteiger charge is 2.61. The Labute approximate surface area is 138 Å². The van der Waals surface area contributed by atoms with Gasteiger partial charge in [0.05, 0.1) is 5.92 Å². The molecule has 3 rings (SSSR count). The van der Waals surface area contributed by atoms with E-state index in [0.29, 0.717) is 23.6 Å². The van der Waals surface area contributed by atoms with E-state index >= 15 is 0 Å². The summed E-state index contributed by atoms with van der Waals surface area (Å²) >= 11 is 0. The van der Waals surface area contributed by atoms with Crippen LogP contribution in [0.25, 0.3) is 0 Å². The number of likely N-dealkylation sites (tertiary alicyclic amines) is 1. The molecule has 1 amide bonds. The number of carbonyl (C=O) groups excluding carboxylic acids is 1. The molecule has 0 unspecified atom stereocenters. The van der Waals surface area contributed by atoms with E-state index in [2.05, 4.69) is 43.9 Å². The van der Waals surface area contributed by atoms with E-state index in [1.54, 1.807) is 0 Å². The fourth-order valence-electron chi connectivity index (χ4n) is 3.84. The molecular formula is C18H27N3O2. The number of nitrogens with zero attached hydrogens (tertiary/aromatic N) is 3. The molecule has 126 valence electrons. The van der Waals surface area contributed by atoms with Crippen LogP contribution in [-0.4, -0.2) is 34.0 Å². The maximum Gasteiger partial charge on any atom is 0.229 e. The van der Waals surface area contributed by atoms with Crippen LogP contribution in [0.15, 0.2) is 16.2 Å². The lowest BCUT2D eigenvalue weighted by molar-refractivity contribution is -0.134. The van der Waals surface area contributed by atoms with Gasteiger partial charge in [0, 0.05) is 19.0 Å². The Bertz CT molecular complexity index is 620. The number of piperidine rings is 1. The Hall–Kier alpha value is -1.65. The zero-order chi connectivity index (χ0) is 16.8. The fraction of sp³-hybridized carbons (Fsp3) is 0.722. The van der Waals surface area contributed by atoms with Gasteiger partial charge in [-0.15, -0.1) is 0 Å². The van der Waals surface area contributed by atoms with Gasteiger partial charge in [0.25, 0.3) is 0 Å². The SMILES string of the molecule is CC(C)=C[C@@H]1[C@H](C(=O)N2CCC(c3nc(C)no3)CC2)C1(C)C. The van der Waals surface area contributed by atoms with Crippen LogP contribution >= 0.6 is 0 Å². The Kier molecular flexibility index (Phi) is 4.07. The number of aromatic nitrogens is 2. The summed E-state index contributed by atoms with van der Waals surface area (Å²) < 4.78 is 5.28. The van der Waals surface area contributed by atoms with Crippen molar-refractivity contribution < 1.29 is 9.32 Å². The monoisotopic (exact) mass is 317 g/mol. The molecule has 1 saturated carbocycles. The summed E-state index contributed by atoms with van der Waals surface area (Å²) in [5.74, 6) is 2.54. The van der Waals surface area contributed by atoms with E-state index in [4.69, 9.17) is 4.52 Å². The summed E-state index contributed by atoms with van der Waals surface area (Å²) in [6.07, 6.45) is 4.08. The molecule has 2 heterocycles. The zero-order valence-corrected chi connectivity index (χ0v) is 14.8. The summed E-state index contributed by atoms with van der Waals surface area (Å²) in [7, 11) is 0. The zero-order valence-electron chi connectivity index (χ0n) is 14.8. The Morgan fingerprint density at radius 2 is 1.96 bits per heavy atom. The van der Waals surface area contributed by atoms with Crippen LogP contribution in [0.4, 0.5) is 0 Å². The van der Waals surface area contributed by atoms with Gasteiger partial charge in [-0.2, -0.15) is 4.98 Å². The van der Waals surface area contributed by atoms with Crippen LogP contribution in [0.2, 0.25) is 0 Å². The molecule has 1 aliphatic carbocycles. The van der Waals surface area contributed by atoms with Crippen molar-refractivity contribution in [3.63, 3.8) is 0 Å². The van der Waals surface area contributed by atoms with E-state index in [0.717, 1.165) is 31.8 Å². The topological polar surface area (TPSA) is 59.2 Å². The predicted octanol–water partition coefficient (Wildman–Crippen LogP) is 3.32. The molecule has 1 saturated heterocycles. The van der Waals surface area contributed by atoms with Crippen LogP contribution in [0.1, 0.15) is 58.2 Å². The average molecular weight is 317 g/mol. The Balaban J connectivity index is 1.60. The van der Waals surface area contributed by atoms with Crippen molar-refractivity contribution in [2.24, 2.45) is 17.3 Å². The molecule has 0 N–H and O–H groups in total. The van der Waals surface area contributed by atoms with Crippen LogP contribution in [0, 0.1) is 24.2 Å². The quantitative estimate of drug-likeness (QED) is 0.802. The molecule has 2 fully saturated rings. The van der Waals surface area contributed by atoms with Crippen LogP contribution in [0.5, 0.6) is 0 Å². The van der Waals surface area contributed by atoms with Crippen molar-refractivity contribution in [3.8, 4) is 0 Å². The van der Waals surface area contributed by atoms with Gasteiger partial charge in [-0.25, -0.2) is 0 Å². The number of allylic oxidation sites excluding steroid dienone is 2. The lowest BCUT2D eigenvalue weighted by Gasteiger charge is -2.31. The lowest BCUT2D eigenvalue weighted by Crippen LogP contribution is -2.39. The summed E-state index contributed by atoms with van der Waals surface area (Å²) in [6.45, 7) is 12.0. The van der Waals surface area contributed by atoms with Crippen LogP contribution < -0.4 is 0 Å². The van der Waals surface area contributed by atoms with E-state index in [1.165, 1.54) is 5.57 Å². The fourth-order valence-corrected chi connectivity index (χ4v) is 3.84. The number of amides is 1. The molecule has 2 aliphatic rings. The highest BCUT2D eigenvalue weighted by Crippen LogP contribution is 2.60. The van der Waals surface area contributed by atoms with Crippen LogP contribution in [0.3, 0.4) is 0 Å². The minimum Gasteiger partial charge on any atom is -0.342 e. The van der Waals surface area contributed by atoms with Gasteiger partial charge < -0.3 is 9.42 Å². The minimum atomic E-state index is 0.0921. The molecule has 23 heavy (non-hydrogen) atoms. The van der Waals surface area contributed by atoms with E-state index in [-0.39, 0.29) is 11.3 Å². The molecule has 0 aromatic carbocycles. The molecule has 1 aliphatic heterocycles. The van der Waals surface area contributed by atoms with Crippen LogP contribution in [-0.2, 0) is 4.79 Å². The molecular weight excluding hydrogens is 290 g/mol. The number of aryl methyl sites for hydroxylation is 1. The first-order valence-electron chi connectivity index (χ1n) is 8.54. The number of hydrogen-bond acceptors (Lipinski definition) is 4. The molecule has 5 nitrogen and oxygen atoms in total. The van der Waals surface area contributed by atoms with Crippen molar-refractivity contribution >= 4 is 5.91 Å². The normalized spacial score (nSPS) is 26.9. The number of carbonyl (C=O) groups is 1. The van der Waals surface area contributed by atoms with Gasteiger partial charge in [-0.3, -0.25) is 4.79 Å². The first kappa shape index (κ1) is 16.2. The average Bonchev–Trinajstić information content (AvgIpc) is 2.83. The molecule has 5 heteroatoms. The third kappa shape index (κ3) is 3.06. The third-order valence-corrected chi connectivity index (χ3v) is 5.39. The Morgan fingerprint density at radius 3 is 2.48 bits per heavy atom. The van der Waals surface area contributed by atoms with Gasteiger partial charge in [-0.05, 0) is 44.9 Å². The van der Waals surface area contributed by atoms with Gasteiger partial charge in [0.15, 0.2) is 5.82 Å². The second-order valence-corrected chi connectivity index (χ2v) is 7.85. The second kappa shape index (κ2) is 5.77. The standard InChI is InChI=1S/C18H27N3O2/c1-11(2)10-14-15(18(14,4)5)17(22)21-8-6-13(7-9-21)16-19-12(3)20-23-16/h10,13-15H,6-9H2,1-5H3/t14-,15-/m1/s1.